The third-order valence-electron chi connectivity index (χ3n) is 5.13. The summed E-state index contributed by atoms with van der Waals surface area (Å²) in [7, 11) is -0.592. The number of hydrogen-bond donors (Lipinski definition) is 1. The number of benzene rings is 1. The van der Waals surface area contributed by atoms with Gasteiger partial charge in [-0.25, -0.2) is 13.1 Å². The fourth-order valence-corrected chi connectivity index (χ4v) is 4.99. The predicted molar refractivity (Wildman–Crippen MR) is 123 cm³/mol. The molecule has 1 saturated heterocycles. The van der Waals surface area contributed by atoms with Crippen molar-refractivity contribution in [1.82, 2.24) is 9.71 Å². The number of methoxy groups -OCH3 is 2. The Kier molecular flexibility index (Phi) is 7.14. The summed E-state index contributed by atoms with van der Waals surface area (Å²) in [5, 5.41) is 0.939. The van der Waals surface area contributed by atoms with E-state index in [1.807, 2.05) is 18.2 Å². The van der Waals surface area contributed by atoms with Crippen LogP contribution in [0.3, 0.4) is 0 Å². The molecule has 0 radical (unpaired) electrons. The number of piperidine rings is 1. The van der Waals surface area contributed by atoms with Gasteiger partial charge in [0.25, 0.3) is 0 Å². The predicted octanol–water partition coefficient (Wildman–Crippen LogP) is 2.48. The van der Waals surface area contributed by atoms with Crippen LogP contribution >= 0.6 is 0 Å². The molecule has 176 valence electrons. The highest BCUT2D eigenvalue weighted by Gasteiger charge is 2.28. The molecule has 0 saturated carbocycles. The van der Waals surface area contributed by atoms with E-state index in [0.29, 0.717) is 37.4 Å². The monoisotopic (exact) mass is 465 g/mol. The molecule has 0 unspecified atom stereocenters. The van der Waals surface area contributed by atoms with Gasteiger partial charge in [-0.3, -0.25) is 9.78 Å². The van der Waals surface area contributed by atoms with Crippen molar-refractivity contribution in [3.8, 4) is 11.5 Å². The maximum absolute atomic E-state index is 12.4. The second-order valence-corrected chi connectivity index (χ2v) is 10.5. The average Bonchev–Trinajstić information content (AvgIpc) is 2.70. The summed E-state index contributed by atoms with van der Waals surface area (Å²) >= 11 is 0. The van der Waals surface area contributed by atoms with E-state index in [2.05, 4.69) is 14.6 Å². The minimum Gasteiger partial charge on any atom is -0.493 e. The molecule has 0 amide bonds. The van der Waals surface area contributed by atoms with Crippen molar-refractivity contribution < 1.29 is 27.4 Å². The summed E-state index contributed by atoms with van der Waals surface area (Å²) in [6.45, 7) is 6.43. The second-order valence-electron chi connectivity index (χ2n) is 8.78. The summed E-state index contributed by atoms with van der Waals surface area (Å²) in [5.41, 5.74) is 1.07. The van der Waals surface area contributed by atoms with Crippen molar-refractivity contribution in [2.45, 2.75) is 45.3 Å². The Balaban J connectivity index is 1.67. The van der Waals surface area contributed by atoms with Gasteiger partial charge in [0.15, 0.2) is 17.3 Å². The normalized spacial score (nSPS) is 15.6. The van der Waals surface area contributed by atoms with Gasteiger partial charge >= 0.3 is 5.97 Å². The van der Waals surface area contributed by atoms with Crippen LogP contribution in [-0.2, 0) is 19.6 Å². The van der Waals surface area contributed by atoms with E-state index in [1.54, 1.807) is 41.2 Å². The topological polar surface area (TPSA) is 107 Å². The third kappa shape index (κ3) is 6.01. The second kappa shape index (κ2) is 9.50. The number of rotatable bonds is 7. The lowest BCUT2D eigenvalue weighted by Gasteiger charge is -2.34. The van der Waals surface area contributed by atoms with Crippen molar-refractivity contribution in [3.05, 3.63) is 24.4 Å². The first-order chi connectivity index (χ1) is 15.0. The van der Waals surface area contributed by atoms with Gasteiger partial charge in [0.1, 0.15) is 5.60 Å². The lowest BCUT2D eigenvalue weighted by molar-refractivity contribution is -0.151. The SMILES string of the molecule is COc1cc2nccc(N3CCC(NS(=O)(=O)CC(=O)OC(C)(C)C)CC3)c2cc1OC. The molecule has 0 aliphatic carbocycles. The zero-order chi connectivity index (χ0) is 23.5. The van der Waals surface area contributed by atoms with Gasteiger partial charge in [-0.1, -0.05) is 0 Å². The van der Waals surface area contributed by atoms with Gasteiger partial charge in [0.2, 0.25) is 10.0 Å². The number of pyridine rings is 1. The van der Waals surface area contributed by atoms with Gasteiger partial charge in [0.05, 0.1) is 19.7 Å². The molecule has 1 N–H and O–H groups in total. The maximum Gasteiger partial charge on any atom is 0.323 e. The summed E-state index contributed by atoms with van der Waals surface area (Å²) in [6, 6.07) is 5.46. The van der Waals surface area contributed by atoms with Gasteiger partial charge in [0, 0.05) is 42.5 Å². The molecule has 10 heteroatoms. The van der Waals surface area contributed by atoms with Crippen LogP contribution in [0, 0.1) is 0 Å². The Hall–Kier alpha value is -2.59. The van der Waals surface area contributed by atoms with Crippen LogP contribution in [0.5, 0.6) is 11.5 Å². The lowest BCUT2D eigenvalue weighted by Crippen LogP contribution is -2.46. The Morgan fingerprint density at radius 3 is 2.38 bits per heavy atom. The molecular weight excluding hydrogens is 434 g/mol. The van der Waals surface area contributed by atoms with Crippen LogP contribution in [0.2, 0.25) is 0 Å². The molecule has 0 atom stereocenters. The van der Waals surface area contributed by atoms with Gasteiger partial charge in [-0.05, 0) is 45.7 Å². The van der Waals surface area contributed by atoms with E-state index < -0.39 is 27.3 Å². The molecule has 1 aromatic carbocycles. The average molecular weight is 466 g/mol. The molecule has 1 aromatic heterocycles. The van der Waals surface area contributed by atoms with Crippen molar-refractivity contribution in [2.75, 3.05) is 38.0 Å². The van der Waals surface area contributed by atoms with Crippen LogP contribution in [0.25, 0.3) is 10.9 Å². The van der Waals surface area contributed by atoms with Gasteiger partial charge in [-0.15, -0.1) is 0 Å². The van der Waals surface area contributed by atoms with E-state index in [0.717, 1.165) is 16.6 Å². The quantitative estimate of drug-likeness (QED) is 0.622. The molecule has 1 aliphatic heterocycles. The Morgan fingerprint density at radius 1 is 1.16 bits per heavy atom. The molecule has 3 rings (SSSR count). The molecule has 0 spiro atoms. The Bertz CT molecular complexity index is 1070. The van der Waals surface area contributed by atoms with E-state index >= 15 is 0 Å². The van der Waals surface area contributed by atoms with Crippen LogP contribution in [0.1, 0.15) is 33.6 Å². The number of esters is 1. The number of carbonyl (C=O) groups excluding carboxylic acids is 1. The van der Waals surface area contributed by atoms with E-state index in [9.17, 15) is 13.2 Å². The minimum atomic E-state index is -3.77. The van der Waals surface area contributed by atoms with E-state index in [4.69, 9.17) is 14.2 Å². The number of fused-ring (bicyclic) bond motifs is 1. The molecule has 1 aliphatic rings. The Labute approximate surface area is 189 Å². The number of hydrogen-bond acceptors (Lipinski definition) is 8. The number of nitrogens with one attached hydrogen (secondary N) is 1. The molecule has 32 heavy (non-hydrogen) atoms. The number of carbonyl (C=O) groups is 1. The standard InChI is InChI=1S/C22H31N3O6S/c1-22(2,3)31-21(26)14-32(27,28)24-15-7-10-25(11-8-15)18-6-9-23-17-13-20(30-5)19(29-4)12-16(17)18/h6,9,12-13,15,24H,7-8,10-11,14H2,1-5H3. The number of ether oxygens (including phenoxy) is 3. The zero-order valence-corrected chi connectivity index (χ0v) is 20.0. The Morgan fingerprint density at radius 2 is 1.78 bits per heavy atom. The largest absolute Gasteiger partial charge is 0.493 e. The first-order valence-corrected chi connectivity index (χ1v) is 12.1. The highest BCUT2D eigenvalue weighted by atomic mass is 32.2. The molecule has 2 heterocycles. The highest BCUT2D eigenvalue weighted by Crippen LogP contribution is 2.36. The molecule has 1 fully saturated rings. The smallest absolute Gasteiger partial charge is 0.323 e. The molecule has 2 aromatic rings. The van der Waals surface area contributed by atoms with Crippen molar-refractivity contribution in [2.24, 2.45) is 0 Å². The van der Waals surface area contributed by atoms with E-state index in [-0.39, 0.29) is 6.04 Å². The fourth-order valence-electron chi connectivity index (χ4n) is 3.79. The molecular formula is C22H31N3O6S. The molecule has 0 bridgehead atoms. The first-order valence-electron chi connectivity index (χ1n) is 10.5. The summed E-state index contributed by atoms with van der Waals surface area (Å²) in [5.74, 6) is -0.196. The lowest BCUT2D eigenvalue weighted by atomic mass is 10.0. The summed E-state index contributed by atoms with van der Waals surface area (Å²) < 4.78 is 43.4. The van der Waals surface area contributed by atoms with Crippen LogP contribution in [0.15, 0.2) is 24.4 Å². The van der Waals surface area contributed by atoms with Gasteiger partial charge in [-0.2, -0.15) is 0 Å². The fraction of sp³-hybridized carbons (Fsp3) is 0.545. The number of anilines is 1. The van der Waals surface area contributed by atoms with Crippen molar-refractivity contribution in [3.63, 3.8) is 0 Å². The first kappa shape index (κ1) is 24.1. The molecule has 9 nitrogen and oxygen atoms in total. The highest BCUT2D eigenvalue weighted by molar-refractivity contribution is 7.90. The number of nitrogens with zero attached hydrogens (tertiary/aromatic N) is 2. The third-order valence-corrected chi connectivity index (χ3v) is 6.44. The van der Waals surface area contributed by atoms with Crippen LogP contribution < -0.4 is 19.1 Å². The van der Waals surface area contributed by atoms with E-state index in [1.165, 1.54) is 0 Å². The van der Waals surface area contributed by atoms with Gasteiger partial charge < -0.3 is 19.1 Å². The minimum absolute atomic E-state index is 0.235. The zero-order valence-electron chi connectivity index (χ0n) is 19.2. The number of sulfonamides is 1. The maximum atomic E-state index is 12.4. The summed E-state index contributed by atoms with van der Waals surface area (Å²) in [6.07, 6.45) is 2.98. The van der Waals surface area contributed by atoms with Crippen molar-refractivity contribution >= 4 is 32.6 Å². The van der Waals surface area contributed by atoms with Crippen LogP contribution in [-0.4, -0.2) is 64.1 Å². The number of aromatic nitrogens is 1. The van der Waals surface area contributed by atoms with Crippen molar-refractivity contribution in [1.29, 1.82) is 0 Å². The summed E-state index contributed by atoms with van der Waals surface area (Å²) in [4.78, 5) is 18.5. The van der Waals surface area contributed by atoms with Crippen LogP contribution in [0.4, 0.5) is 5.69 Å².